The summed E-state index contributed by atoms with van der Waals surface area (Å²) in [6.07, 6.45) is 0. The lowest BCUT2D eigenvalue weighted by Gasteiger charge is -2.03. The van der Waals surface area contributed by atoms with Gasteiger partial charge in [-0.1, -0.05) is 36.3 Å². The van der Waals surface area contributed by atoms with E-state index in [1.165, 1.54) is 16.2 Å². The molecule has 0 unspecified atom stereocenters. The highest BCUT2D eigenvalue weighted by Crippen LogP contribution is 2.20. The molecule has 0 atom stereocenters. The number of hydrogen-bond acceptors (Lipinski definition) is 6. The third-order valence-corrected chi connectivity index (χ3v) is 3.88. The number of hydrogen-bond donors (Lipinski definition) is 1. The second-order valence-electron chi connectivity index (χ2n) is 4.35. The Labute approximate surface area is 115 Å². The lowest BCUT2D eigenvalue weighted by Crippen LogP contribution is -2.18. The number of ether oxygens (including phenoxy) is 1. The van der Waals surface area contributed by atoms with Gasteiger partial charge in [0.25, 0.3) is 5.19 Å². The zero-order valence-electron chi connectivity index (χ0n) is 10.5. The Morgan fingerprint density at radius 1 is 1.39 bits per heavy atom. The number of aromatic nitrogens is 2. The van der Waals surface area contributed by atoms with Crippen LogP contribution in [0.4, 0.5) is 0 Å². The Morgan fingerprint density at radius 3 is 3.00 bits per heavy atom. The van der Waals surface area contributed by atoms with Gasteiger partial charge in [0.1, 0.15) is 11.6 Å². The molecule has 2 aromatic rings. The van der Waals surface area contributed by atoms with Crippen molar-refractivity contribution in [3.05, 3.63) is 27.4 Å². The first-order chi connectivity index (χ1) is 8.74. The van der Waals surface area contributed by atoms with E-state index in [9.17, 15) is 0 Å². The van der Waals surface area contributed by atoms with E-state index in [-0.39, 0.29) is 0 Å². The van der Waals surface area contributed by atoms with Gasteiger partial charge in [-0.3, -0.25) is 0 Å². The maximum Gasteiger partial charge on any atom is 0.294 e. The fourth-order valence-corrected chi connectivity index (χ4v) is 2.64. The first-order valence-electron chi connectivity index (χ1n) is 5.92. The minimum atomic E-state index is 0.575. The summed E-state index contributed by atoms with van der Waals surface area (Å²) in [5.41, 5.74) is 0. The predicted octanol–water partition coefficient (Wildman–Crippen LogP) is 2.92. The van der Waals surface area contributed by atoms with Gasteiger partial charge >= 0.3 is 0 Å². The van der Waals surface area contributed by atoms with Gasteiger partial charge < -0.3 is 10.1 Å². The molecule has 2 heterocycles. The second-order valence-corrected chi connectivity index (χ2v) is 6.41. The fraction of sp³-hybridized carbons (Fsp3) is 0.500. The van der Waals surface area contributed by atoms with Gasteiger partial charge in [0.05, 0.1) is 0 Å². The molecule has 0 aliphatic carbocycles. The molecule has 0 saturated heterocycles. The first-order valence-corrected chi connectivity index (χ1v) is 7.62. The lowest BCUT2D eigenvalue weighted by atomic mass is 10.2. The van der Waals surface area contributed by atoms with Crippen molar-refractivity contribution in [3.8, 4) is 5.19 Å². The smallest absolute Gasteiger partial charge is 0.294 e. The number of nitrogens with zero attached hydrogens (tertiary/aromatic N) is 2. The van der Waals surface area contributed by atoms with Crippen molar-refractivity contribution >= 4 is 22.7 Å². The third kappa shape index (κ3) is 4.36. The largest absolute Gasteiger partial charge is 0.463 e. The quantitative estimate of drug-likeness (QED) is 0.848. The molecule has 0 aromatic carbocycles. The normalized spacial score (nSPS) is 11.1. The minimum absolute atomic E-state index is 0.575. The van der Waals surface area contributed by atoms with Crippen molar-refractivity contribution < 1.29 is 4.74 Å². The minimum Gasteiger partial charge on any atom is -0.463 e. The molecule has 0 radical (unpaired) electrons. The molecule has 0 fully saturated rings. The fourth-order valence-electron chi connectivity index (χ4n) is 1.36. The van der Waals surface area contributed by atoms with Crippen molar-refractivity contribution in [1.82, 2.24) is 15.5 Å². The van der Waals surface area contributed by atoms with Crippen LogP contribution in [-0.4, -0.2) is 16.7 Å². The molecule has 0 aliphatic rings. The zero-order valence-corrected chi connectivity index (χ0v) is 12.2. The van der Waals surface area contributed by atoms with E-state index in [0.29, 0.717) is 17.7 Å². The Balaban J connectivity index is 1.75. The number of nitrogens with one attached hydrogen (secondary N) is 1. The van der Waals surface area contributed by atoms with Gasteiger partial charge in [0, 0.05) is 11.4 Å². The maximum atomic E-state index is 5.59. The SMILES string of the molecule is CC(C)CNCc1nnc(OCc2cccs2)s1. The maximum absolute atomic E-state index is 5.59. The molecular weight excluding hydrogens is 266 g/mol. The van der Waals surface area contributed by atoms with Gasteiger partial charge in [0.15, 0.2) is 0 Å². The molecule has 18 heavy (non-hydrogen) atoms. The van der Waals surface area contributed by atoms with Crippen LogP contribution in [0.1, 0.15) is 23.7 Å². The molecule has 1 N–H and O–H groups in total. The topological polar surface area (TPSA) is 47.0 Å². The van der Waals surface area contributed by atoms with Crippen LogP contribution in [0.5, 0.6) is 5.19 Å². The predicted molar refractivity (Wildman–Crippen MR) is 75.1 cm³/mol. The van der Waals surface area contributed by atoms with E-state index in [0.717, 1.165) is 18.1 Å². The van der Waals surface area contributed by atoms with Gasteiger partial charge in [-0.05, 0) is 23.9 Å². The molecule has 2 rings (SSSR count). The Hall–Kier alpha value is -0.980. The summed E-state index contributed by atoms with van der Waals surface area (Å²) in [5, 5.41) is 15.1. The standard InChI is InChI=1S/C12H17N3OS2/c1-9(2)6-13-7-11-14-15-12(18-11)16-8-10-4-3-5-17-10/h3-5,9,13H,6-8H2,1-2H3. The molecule has 4 nitrogen and oxygen atoms in total. The van der Waals surface area contributed by atoms with Crippen LogP contribution in [-0.2, 0) is 13.2 Å². The van der Waals surface area contributed by atoms with Crippen molar-refractivity contribution in [2.24, 2.45) is 5.92 Å². The third-order valence-electron chi connectivity index (χ3n) is 2.20. The molecule has 0 bridgehead atoms. The lowest BCUT2D eigenvalue weighted by molar-refractivity contribution is 0.305. The van der Waals surface area contributed by atoms with E-state index in [4.69, 9.17) is 4.74 Å². The summed E-state index contributed by atoms with van der Waals surface area (Å²) in [4.78, 5) is 1.20. The van der Waals surface area contributed by atoms with Gasteiger partial charge in [-0.15, -0.1) is 16.4 Å². The number of rotatable bonds is 7. The summed E-state index contributed by atoms with van der Waals surface area (Å²) in [6.45, 7) is 6.69. The van der Waals surface area contributed by atoms with Gasteiger partial charge in [-0.25, -0.2) is 0 Å². The highest BCUT2D eigenvalue weighted by atomic mass is 32.1. The van der Waals surface area contributed by atoms with Crippen LogP contribution in [0.25, 0.3) is 0 Å². The average molecular weight is 283 g/mol. The average Bonchev–Trinajstić information content (AvgIpc) is 2.96. The van der Waals surface area contributed by atoms with Crippen LogP contribution in [0.2, 0.25) is 0 Å². The van der Waals surface area contributed by atoms with Crippen LogP contribution < -0.4 is 10.1 Å². The molecule has 0 saturated carbocycles. The van der Waals surface area contributed by atoms with E-state index in [1.807, 2.05) is 11.4 Å². The molecule has 0 amide bonds. The van der Waals surface area contributed by atoms with Gasteiger partial charge in [0.2, 0.25) is 0 Å². The Kier molecular flexibility index (Phi) is 5.10. The number of thiophene rings is 1. The zero-order chi connectivity index (χ0) is 12.8. The second kappa shape index (κ2) is 6.82. The molecule has 0 spiro atoms. The molecule has 6 heteroatoms. The van der Waals surface area contributed by atoms with Crippen LogP contribution in [0, 0.1) is 5.92 Å². The highest BCUT2D eigenvalue weighted by Gasteiger charge is 2.05. The summed E-state index contributed by atoms with van der Waals surface area (Å²) < 4.78 is 5.59. The van der Waals surface area contributed by atoms with E-state index < -0.39 is 0 Å². The van der Waals surface area contributed by atoms with Gasteiger partial charge in [-0.2, -0.15) is 0 Å². The van der Waals surface area contributed by atoms with E-state index >= 15 is 0 Å². The summed E-state index contributed by atoms with van der Waals surface area (Å²) in [7, 11) is 0. The van der Waals surface area contributed by atoms with Crippen molar-refractivity contribution in [2.45, 2.75) is 27.0 Å². The van der Waals surface area contributed by atoms with Crippen molar-refractivity contribution in [3.63, 3.8) is 0 Å². The summed E-state index contributed by atoms with van der Waals surface area (Å²) in [5.74, 6) is 0.646. The summed E-state index contributed by atoms with van der Waals surface area (Å²) >= 11 is 3.19. The first kappa shape index (κ1) is 13.5. The molecule has 0 aliphatic heterocycles. The monoisotopic (exact) mass is 283 g/mol. The Morgan fingerprint density at radius 2 is 2.28 bits per heavy atom. The van der Waals surface area contributed by atoms with Crippen LogP contribution in [0.3, 0.4) is 0 Å². The summed E-state index contributed by atoms with van der Waals surface area (Å²) in [6, 6.07) is 4.07. The highest BCUT2D eigenvalue weighted by molar-refractivity contribution is 7.13. The molecule has 2 aromatic heterocycles. The van der Waals surface area contributed by atoms with Crippen molar-refractivity contribution in [2.75, 3.05) is 6.54 Å². The molecular formula is C12H17N3OS2. The van der Waals surface area contributed by atoms with Crippen LogP contribution >= 0.6 is 22.7 Å². The van der Waals surface area contributed by atoms with E-state index in [2.05, 4.69) is 35.4 Å². The molecule has 98 valence electrons. The van der Waals surface area contributed by atoms with Crippen LogP contribution in [0.15, 0.2) is 17.5 Å². The van der Waals surface area contributed by atoms with Crippen molar-refractivity contribution in [1.29, 1.82) is 0 Å². The van der Waals surface area contributed by atoms with E-state index in [1.54, 1.807) is 11.3 Å². The Bertz CT molecular complexity index is 454.